The molecule has 2 aliphatic rings. The summed E-state index contributed by atoms with van der Waals surface area (Å²) in [5.41, 5.74) is 0.511. The quantitative estimate of drug-likeness (QED) is 0.861. The molecule has 2 heterocycles. The molecule has 2 fully saturated rings. The first-order valence-corrected chi connectivity index (χ1v) is 8.94. The summed E-state index contributed by atoms with van der Waals surface area (Å²) in [4.78, 5) is 2.71. The number of ether oxygens (including phenoxy) is 1. The van der Waals surface area contributed by atoms with Crippen molar-refractivity contribution in [3.63, 3.8) is 0 Å². The fourth-order valence-electron chi connectivity index (χ4n) is 3.64. The predicted molar refractivity (Wildman–Crippen MR) is 89.7 cm³/mol. The molecule has 0 aromatic carbocycles. The van der Waals surface area contributed by atoms with Crippen LogP contribution in [0.4, 0.5) is 0 Å². The Kier molecular flexibility index (Phi) is 6.10. The van der Waals surface area contributed by atoms with E-state index in [1.54, 1.807) is 0 Å². The Hall–Kier alpha value is -0.120. The highest BCUT2D eigenvalue weighted by Crippen LogP contribution is 2.31. The van der Waals surface area contributed by atoms with E-state index in [-0.39, 0.29) is 5.54 Å². The van der Waals surface area contributed by atoms with Crippen molar-refractivity contribution in [1.82, 2.24) is 10.2 Å². The molecule has 0 aromatic heterocycles. The fraction of sp³-hybridized carbons (Fsp3) is 1.00. The minimum atomic E-state index is 0.192. The van der Waals surface area contributed by atoms with Gasteiger partial charge in [0.15, 0.2) is 0 Å². The van der Waals surface area contributed by atoms with Gasteiger partial charge in [-0.25, -0.2) is 0 Å². The minimum absolute atomic E-state index is 0.192. The van der Waals surface area contributed by atoms with E-state index in [0.717, 1.165) is 25.7 Å². The van der Waals surface area contributed by atoms with Crippen LogP contribution in [0, 0.1) is 11.3 Å². The van der Waals surface area contributed by atoms with Crippen LogP contribution in [-0.2, 0) is 4.74 Å². The zero-order valence-corrected chi connectivity index (χ0v) is 14.7. The normalized spacial score (nSPS) is 32.9. The van der Waals surface area contributed by atoms with Gasteiger partial charge < -0.3 is 15.0 Å². The number of rotatable bonds is 4. The van der Waals surface area contributed by atoms with Crippen LogP contribution in [0.2, 0.25) is 0 Å². The molecule has 2 atom stereocenters. The second kappa shape index (κ2) is 7.43. The Morgan fingerprint density at radius 2 is 2.00 bits per heavy atom. The molecule has 0 radical (unpaired) electrons. The Labute approximate surface area is 131 Å². The van der Waals surface area contributed by atoms with Crippen molar-refractivity contribution in [2.45, 2.75) is 65.3 Å². The topological polar surface area (TPSA) is 24.5 Å². The maximum absolute atomic E-state index is 5.88. The van der Waals surface area contributed by atoms with Crippen LogP contribution in [-0.4, -0.2) is 49.8 Å². The molecule has 2 unspecified atom stereocenters. The van der Waals surface area contributed by atoms with Crippen molar-refractivity contribution in [2.24, 2.45) is 11.3 Å². The van der Waals surface area contributed by atoms with E-state index in [2.05, 4.69) is 37.9 Å². The molecule has 21 heavy (non-hydrogen) atoms. The Morgan fingerprint density at radius 3 is 2.67 bits per heavy atom. The summed E-state index contributed by atoms with van der Waals surface area (Å²) >= 11 is 0. The molecule has 2 rings (SSSR count). The third kappa shape index (κ3) is 5.88. The van der Waals surface area contributed by atoms with Crippen molar-refractivity contribution in [2.75, 3.05) is 39.4 Å². The molecule has 2 saturated heterocycles. The summed E-state index contributed by atoms with van der Waals surface area (Å²) < 4.78 is 5.88. The molecule has 1 N–H and O–H groups in total. The summed E-state index contributed by atoms with van der Waals surface area (Å²) in [6.07, 6.45) is 6.66. The maximum Gasteiger partial charge on any atom is 0.0546 e. The van der Waals surface area contributed by atoms with Crippen molar-refractivity contribution >= 4 is 0 Å². The van der Waals surface area contributed by atoms with E-state index in [4.69, 9.17) is 4.74 Å². The minimum Gasteiger partial charge on any atom is -0.381 e. The molecule has 124 valence electrons. The second-order valence-corrected chi connectivity index (χ2v) is 8.57. The molecule has 0 aromatic rings. The Balaban J connectivity index is 1.95. The van der Waals surface area contributed by atoms with Crippen molar-refractivity contribution in [3.05, 3.63) is 0 Å². The summed E-state index contributed by atoms with van der Waals surface area (Å²) in [7, 11) is 0. The van der Waals surface area contributed by atoms with Gasteiger partial charge in [-0.05, 0) is 71.9 Å². The molecule has 3 heteroatoms. The van der Waals surface area contributed by atoms with Gasteiger partial charge in [-0.3, -0.25) is 0 Å². The lowest BCUT2D eigenvalue weighted by Crippen LogP contribution is -2.52. The lowest BCUT2D eigenvalue weighted by molar-refractivity contribution is -0.0284. The average molecular weight is 296 g/mol. The lowest BCUT2D eigenvalue weighted by atomic mass is 9.81. The van der Waals surface area contributed by atoms with Crippen LogP contribution in [0.3, 0.4) is 0 Å². The number of likely N-dealkylation sites (tertiary alicyclic amines) is 1. The van der Waals surface area contributed by atoms with Gasteiger partial charge >= 0.3 is 0 Å². The van der Waals surface area contributed by atoms with Crippen molar-refractivity contribution in [1.29, 1.82) is 0 Å². The van der Waals surface area contributed by atoms with Gasteiger partial charge in [-0.2, -0.15) is 0 Å². The van der Waals surface area contributed by atoms with E-state index < -0.39 is 0 Å². The van der Waals surface area contributed by atoms with Crippen LogP contribution in [0.15, 0.2) is 0 Å². The van der Waals surface area contributed by atoms with E-state index in [1.165, 1.54) is 51.7 Å². The number of nitrogens with zero attached hydrogens (tertiary/aromatic N) is 1. The third-order valence-corrected chi connectivity index (χ3v) is 5.07. The molecule has 0 saturated carbocycles. The zero-order valence-electron chi connectivity index (χ0n) is 14.7. The van der Waals surface area contributed by atoms with E-state index >= 15 is 0 Å². The molecule has 0 aliphatic carbocycles. The summed E-state index contributed by atoms with van der Waals surface area (Å²) in [5, 5.41) is 3.74. The van der Waals surface area contributed by atoms with Crippen molar-refractivity contribution in [3.8, 4) is 0 Å². The molecule has 2 aliphatic heterocycles. The molecule has 0 spiro atoms. The first-order valence-electron chi connectivity index (χ1n) is 8.94. The van der Waals surface area contributed by atoms with E-state index in [0.29, 0.717) is 5.41 Å². The Morgan fingerprint density at radius 1 is 1.19 bits per heavy atom. The lowest BCUT2D eigenvalue weighted by Gasteiger charge is -2.42. The van der Waals surface area contributed by atoms with Gasteiger partial charge in [0.25, 0.3) is 0 Å². The fourth-order valence-corrected chi connectivity index (χ4v) is 3.64. The molecular formula is C18H36N2O. The van der Waals surface area contributed by atoms with Crippen LogP contribution in [0.25, 0.3) is 0 Å². The van der Waals surface area contributed by atoms with Gasteiger partial charge in [0.05, 0.1) is 6.61 Å². The first kappa shape index (κ1) is 17.2. The largest absolute Gasteiger partial charge is 0.381 e. The van der Waals surface area contributed by atoms with Crippen molar-refractivity contribution < 1.29 is 4.74 Å². The predicted octanol–water partition coefficient (Wildman–Crippen LogP) is 3.29. The average Bonchev–Trinajstić information content (AvgIpc) is 2.62. The van der Waals surface area contributed by atoms with Gasteiger partial charge in [0.2, 0.25) is 0 Å². The summed E-state index contributed by atoms with van der Waals surface area (Å²) in [5.74, 6) is 0.904. The molecule has 0 amide bonds. The Bertz CT molecular complexity index is 305. The van der Waals surface area contributed by atoms with E-state index in [1.807, 2.05) is 0 Å². The smallest absolute Gasteiger partial charge is 0.0546 e. The highest BCUT2D eigenvalue weighted by molar-refractivity contribution is 4.90. The molecular weight excluding hydrogens is 260 g/mol. The first-order chi connectivity index (χ1) is 9.89. The van der Waals surface area contributed by atoms with Gasteiger partial charge in [0.1, 0.15) is 0 Å². The summed E-state index contributed by atoms with van der Waals surface area (Å²) in [6, 6.07) is 0. The van der Waals surface area contributed by atoms with Crippen LogP contribution in [0.5, 0.6) is 0 Å². The second-order valence-electron chi connectivity index (χ2n) is 8.57. The highest BCUT2D eigenvalue weighted by atomic mass is 16.5. The van der Waals surface area contributed by atoms with Crippen LogP contribution >= 0.6 is 0 Å². The molecule has 3 nitrogen and oxygen atoms in total. The van der Waals surface area contributed by atoms with Crippen LogP contribution < -0.4 is 5.32 Å². The van der Waals surface area contributed by atoms with Crippen LogP contribution in [0.1, 0.15) is 59.8 Å². The van der Waals surface area contributed by atoms with E-state index in [9.17, 15) is 0 Å². The standard InChI is InChI=1S/C18H36N2O/c1-16-7-5-10-20(11-8-16)14-18(9-6-12-21-15-18)13-19-17(2,3)4/h16,19H,5-15H2,1-4H3. The zero-order chi connectivity index (χ0) is 15.3. The number of hydrogen-bond acceptors (Lipinski definition) is 3. The number of nitrogens with one attached hydrogen (secondary N) is 1. The monoisotopic (exact) mass is 296 g/mol. The van der Waals surface area contributed by atoms with Gasteiger partial charge in [-0.1, -0.05) is 6.92 Å². The summed E-state index contributed by atoms with van der Waals surface area (Å²) in [6.45, 7) is 15.9. The highest BCUT2D eigenvalue weighted by Gasteiger charge is 2.35. The maximum atomic E-state index is 5.88. The third-order valence-electron chi connectivity index (χ3n) is 5.07. The van der Waals surface area contributed by atoms with Gasteiger partial charge in [0, 0.05) is 30.7 Å². The number of hydrogen-bond donors (Lipinski definition) is 1. The van der Waals surface area contributed by atoms with Gasteiger partial charge in [-0.15, -0.1) is 0 Å². The SMILES string of the molecule is CC1CCCN(CC2(CNC(C)(C)C)CCCOC2)CC1. The molecule has 0 bridgehead atoms.